The average molecular weight is 300 g/mol. The number of rotatable bonds is 3. The number of hydrogen-bond acceptors (Lipinski definition) is 3. The van der Waals surface area contributed by atoms with E-state index in [2.05, 4.69) is 39.1 Å². The van der Waals surface area contributed by atoms with Gasteiger partial charge in [0.15, 0.2) is 5.76 Å². The van der Waals surface area contributed by atoms with Crippen molar-refractivity contribution in [3.05, 3.63) is 45.9 Å². The molecule has 3 nitrogen and oxygen atoms in total. The molecule has 0 saturated carbocycles. The predicted octanol–water partition coefficient (Wildman–Crippen LogP) is 2.89. The molecule has 0 fully saturated rings. The summed E-state index contributed by atoms with van der Waals surface area (Å²) in [5.41, 5.74) is 1.12. The Kier molecular flexibility index (Phi) is 3.03. The zero-order valence-electron chi connectivity index (χ0n) is 7.40. The van der Waals surface area contributed by atoms with Crippen molar-refractivity contribution in [2.75, 3.05) is 5.32 Å². The lowest BCUT2D eigenvalue weighted by atomic mass is 10.3. The first-order valence-corrected chi connectivity index (χ1v) is 5.32. The molecule has 1 aromatic carbocycles. The van der Waals surface area contributed by atoms with Crippen molar-refractivity contribution in [2.45, 2.75) is 6.54 Å². The van der Waals surface area contributed by atoms with E-state index in [0.717, 1.165) is 11.4 Å². The third-order valence-electron chi connectivity index (χ3n) is 1.82. The van der Waals surface area contributed by atoms with Crippen molar-refractivity contribution in [2.24, 2.45) is 0 Å². The zero-order chi connectivity index (χ0) is 9.80. The van der Waals surface area contributed by atoms with Gasteiger partial charge in [-0.25, -0.2) is 0 Å². The quantitative estimate of drug-likeness (QED) is 0.886. The summed E-state index contributed by atoms with van der Waals surface area (Å²) < 4.78 is 6.18. The molecule has 0 unspecified atom stereocenters. The third kappa shape index (κ3) is 2.25. The van der Waals surface area contributed by atoms with E-state index < -0.39 is 0 Å². The molecular weight excluding hydrogens is 291 g/mol. The van der Waals surface area contributed by atoms with Crippen LogP contribution in [0.3, 0.4) is 0 Å². The summed E-state index contributed by atoms with van der Waals surface area (Å²) in [5.74, 6) is 0.838. The van der Waals surface area contributed by atoms with Gasteiger partial charge in [-0.1, -0.05) is 17.3 Å². The molecule has 2 rings (SSSR count). The smallest absolute Gasteiger partial charge is 0.155 e. The van der Waals surface area contributed by atoms with Crippen LogP contribution in [0.2, 0.25) is 0 Å². The van der Waals surface area contributed by atoms with E-state index in [1.165, 1.54) is 3.57 Å². The van der Waals surface area contributed by atoms with E-state index >= 15 is 0 Å². The maximum absolute atomic E-state index is 4.98. The molecular formula is C10H9IN2O. The normalized spacial score (nSPS) is 10.1. The summed E-state index contributed by atoms with van der Waals surface area (Å²) in [6, 6.07) is 9.97. The number of halogens is 1. The highest BCUT2D eigenvalue weighted by Crippen LogP contribution is 2.17. The Balaban J connectivity index is 2.02. The van der Waals surface area contributed by atoms with Gasteiger partial charge in [0.1, 0.15) is 0 Å². The monoisotopic (exact) mass is 300 g/mol. The molecule has 4 heteroatoms. The Morgan fingerprint density at radius 3 is 2.86 bits per heavy atom. The summed E-state index contributed by atoms with van der Waals surface area (Å²) in [5, 5.41) is 6.91. The van der Waals surface area contributed by atoms with Gasteiger partial charge in [0.2, 0.25) is 0 Å². The number of benzene rings is 1. The molecule has 0 atom stereocenters. The number of aromatic nitrogens is 1. The van der Waals surface area contributed by atoms with Gasteiger partial charge in [0.05, 0.1) is 12.7 Å². The first-order chi connectivity index (χ1) is 6.86. The van der Waals surface area contributed by atoms with E-state index in [-0.39, 0.29) is 0 Å². The number of hydrogen-bond donors (Lipinski definition) is 1. The average Bonchev–Trinajstić information content (AvgIpc) is 2.69. The molecule has 1 aromatic heterocycles. The van der Waals surface area contributed by atoms with Crippen LogP contribution in [0.15, 0.2) is 41.1 Å². The molecule has 1 heterocycles. The molecule has 1 N–H and O–H groups in total. The second-order valence-electron chi connectivity index (χ2n) is 2.81. The Bertz CT molecular complexity index is 400. The highest BCUT2D eigenvalue weighted by molar-refractivity contribution is 14.1. The van der Waals surface area contributed by atoms with Gasteiger partial charge in [-0.15, -0.1) is 0 Å². The Morgan fingerprint density at radius 2 is 2.14 bits per heavy atom. The van der Waals surface area contributed by atoms with Crippen molar-refractivity contribution in [3.63, 3.8) is 0 Å². The van der Waals surface area contributed by atoms with Crippen LogP contribution in [0.4, 0.5) is 5.69 Å². The standard InChI is InChI=1S/C10H9IN2O/c11-9-3-1-2-4-10(9)12-7-8-5-6-13-14-8/h1-6,12H,7H2. The van der Waals surface area contributed by atoms with Gasteiger partial charge in [-0.3, -0.25) is 0 Å². The molecule has 14 heavy (non-hydrogen) atoms. The summed E-state index contributed by atoms with van der Waals surface area (Å²) in [6.45, 7) is 0.667. The van der Waals surface area contributed by atoms with Crippen LogP contribution in [0.25, 0.3) is 0 Å². The maximum atomic E-state index is 4.98. The number of para-hydroxylation sites is 1. The SMILES string of the molecule is Ic1ccccc1NCc1ccno1. The van der Waals surface area contributed by atoms with Crippen LogP contribution in [0.5, 0.6) is 0 Å². The van der Waals surface area contributed by atoms with Crippen LogP contribution in [0.1, 0.15) is 5.76 Å². The van der Waals surface area contributed by atoms with Gasteiger partial charge in [-0.2, -0.15) is 0 Å². The molecule has 0 bridgehead atoms. The molecule has 0 saturated heterocycles. The highest BCUT2D eigenvalue weighted by Gasteiger charge is 1.99. The van der Waals surface area contributed by atoms with Crippen LogP contribution in [-0.2, 0) is 6.54 Å². The molecule has 0 spiro atoms. The zero-order valence-corrected chi connectivity index (χ0v) is 9.56. The van der Waals surface area contributed by atoms with E-state index in [4.69, 9.17) is 4.52 Å². The summed E-state index contributed by atoms with van der Waals surface area (Å²) in [7, 11) is 0. The molecule has 0 amide bonds. The van der Waals surface area contributed by atoms with Crippen LogP contribution in [0, 0.1) is 3.57 Å². The van der Waals surface area contributed by atoms with Crippen molar-refractivity contribution < 1.29 is 4.52 Å². The fourth-order valence-corrected chi connectivity index (χ4v) is 1.70. The van der Waals surface area contributed by atoms with Crippen LogP contribution >= 0.6 is 22.6 Å². The minimum absolute atomic E-state index is 0.667. The Hall–Kier alpha value is -1.04. The minimum atomic E-state index is 0.667. The van der Waals surface area contributed by atoms with Crippen molar-refractivity contribution in [1.82, 2.24) is 5.16 Å². The summed E-state index contributed by atoms with van der Waals surface area (Å²) >= 11 is 2.29. The first-order valence-electron chi connectivity index (χ1n) is 4.24. The summed E-state index contributed by atoms with van der Waals surface area (Å²) in [6.07, 6.45) is 1.65. The van der Waals surface area contributed by atoms with Crippen LogP contribution < -0.4 is 5.32 Å². The largest absolute Gasteiger partial charge is 0.377 e. The van der Waals surface area contributed by atoms with Gasteiger partial charge in [-0.05, 0) is 34.7 Å². The van der Waals surface area contributed by atoms with Gasteiger partial charge in [0, 0.05) is 15.3 Å². The van der Waals surface area contributed by atoms with E-state index in [9.17, 15) is 0 Å². The Morgan fingerprint density at radius 1 is 1.29 bits per heavy atom. The van der Waals surface area contributed by atoms with Gasteiger partial charge >= 0.3 is 0 Å². The topological polar surface area (TPSA) is 38.1 Å². The predicted molar refractivity (Wildman–Crippen MR) is 63.0 cm³/mol. The fourth-order valence-electron chi connectivity index (χ4n) is 1.12. The first kappa shape index (κ1) is 9.51. The minimum Gasteiger partial charge on any atom is -0.377 e. The fraction of sp³-hybridized carbons (Fsp3) is 0.100. The third-order valence-corrected chi connectivity index (χ3v) is 2.76. The van der Waals surface area contributed by atoms with Gasteiger partial charge in [0.25, 0.3) is 0 Å². The lowest BCUT2D eigenvalue weighted by Crippen LogP contribution is -1.99. The van der Waals surface area contributed by atoms with E-state index in [1.807, 2.05) is 24.3 Å². The number of anilines is 1. The van der Waals surface area contributed by atoms with Crippen molar-refractivity contribution in [1.29, 1.82) is 0 Å². The van der Waals surface area contributed by atoms with Crippen molar-refractivity contribution in [3.8, 4) is 0 Å². The maximum Gasteiger partial charge on any atom is 0.155 e. The van der Waals surface area contributed by atoms with Gasteiger partial charge < -0.3 is 9.84 Å². The molecule has 0 aliphatic carbocycles. The molecule has 0 aliphatic rings. The molecule has 0 aliphatic heterocycles. The number of nitrogens with one attached hydrogen (secondary N) is 1. The van der Waals surface area contributed by atoms with Crippen LogP contribution in [-0.4, -0.2) is 5.16 Å². The lowest BCUT2D eigenvalue weighted by molar-refractivity contribution is 0.388. The second kappa shape index (κ2) is 4.45. The summed E-state index contributed by atoms with van der Waals surface area (Å²) in [4.78, 5) is 0. The molecule has 72 valence electrons. The highest BCUT2D eigenvalue weighted by atomic mass is 127. The lowest BCUT2D eigenvalue weighted by Gasteiger charge is -2.05. The van der Waals surface area contributed by atoms with E-state index in [1.54, 1.807) is 6.20 Å². The van der Waals surface area contributed by atoms with E-state index in [0.29, 0.717) is 6.54 Å². The Labute approximate surface area is 95.6 Å². The number of nitrogens with zero attached hydrogens (tertiary/aromatic N) is 1. The second-order valence-corrected chi connectivity index (χ2v) is 3.97. The molecule has 2 aromatic rings. The van der Waals surface area contributed by atoms with Crippen molar-refractivity contribution >= 4 is 28.3 Å². The molecule has 0 radical (unpaired) electrons.